The van der Waals surface area contributed by atoms with Crippen molar-refractivity contribution in [2.24, 2.45) is 0 Å². The number of hydrogen-bond donors (Lipinski definition) is 2. The number of carbonyl (C=O) groups is 2. The van der Waals surface area contributed by atoms with Crippen molar-refractivity contribution >= 4 is 17.6 Å². The van der Waals surface area contributed by atoms with Crippen LogP contribution in [-0.2, 0) is 4.79 Å². The highest BCUT2D eigenvalue weighted by Crippen LogP contribution is 2.25. The van der Waals surface area contributed by atoms with E-state index in [1.165, 1.54) is 19.1 Å². The minimum atomic E-state index is -4.79. The van der Waals surface area contributed by atoms with E-state index in [2.05, 4.69) is 15.4 Å². The normalized spacial score (nSPS) is 15.8. The zero-order valence-corrected chi connectivity index (χ0v) is 13.0. The first-order valence-electron chi connectivity index (χ1n) is 7.42. The van der Waals surface area contributed by atoms with E-state index in [9.17, 15) is 22.8 Å². The number of halogens is 3. The first-order chi connectivity index (χ1) is 11.2. The lowest BCUT2D eigenvalue weighted by Gasteiger charge is -2.31. The molecule has 1 aromatic rings. The van der Waals surface area contributed by atoms with Crippen LogP contribution < -0.4 is 15.4 Å². The van der Waals surface area contributed by atoms with Crippen LogP contribution in [0.4, 0.5) is 23.7 Å². The average Bonchev–Trinajstić information content (AvgIpc) is 2.46. The molecule has 1 aliphatic heterocycles. The summed E-state index contributed by atoms with van der Waals surface area (Å²) in [5.41, 5.74) is 0.190. The lowest BCUT2D eigenvalue weighted by Crippen LogP contribution is -2.47. The molecule has 0 aliphatic carbocycles. The summed E-state index contributed by atoms with van der Waals surface area (Å²) in [7, 11) is 0. The van der Waals surface area contributed by atoms with E-state index in [1.54, 1.807) is 4.90 Å². The monoisotopic (exact) mass is 345 g/mol. The molecule has 24 heavy (non-hydrogen) atoms. The van der Waals surface area contributed by atoms with Crippen molar-refractivity contribution in [2.45, 2.75) is 32.2 Å². The number of anilines is 1. The van der Waals surface area contributed by atoms with Crippen molar-refractivity contribution in [3.05, 3.63) is 24.3 Å². The Morgan fingerprint density at radius 3 is 2.50 bits per heavy atom. The quantitative estimate of drug-likeness (QED) is 0.885. The Morgan fingerprint density at radius 1 is 1.25 bits per heavy atom. The van der Waals surface area contributed by atoms with E-state index in [0.29, 0.717) is 25.9 Å². The molecule has 0 bridgehead atoms. The van der Waals surface area contributed by atoms with Gasteiger partial charge in [0.1, 0.15) is 5.75 Å². The zero-order valence-electron chi connectivity index (χ0n) is 13.0. The fraction of sp³-hybridized carbons (Fsp3) is 0.467. The number of likely N-dealkylation sites (tertiary alicyclic amines) is 1. The standard InChI is InChI=1S/C15H18F3N3O3/c1-10(22)21-7-5-11(6-8-21)19-14(23)20-12-3-2-4-13(9-12)24-15(16,17)18/h2-4,9,11H,5-8H2,1H3,(H2,19,20,23). The van der Waals surface area contributed by atoms with Crippen molar-refractivity contribution in [1.82, 2.24) is 10.2 Å². The molecule has 132 valence electrons. The van der Waals surface area contributed by atoms with Crippen LogP contribution >= 0.6 is 0 Å². The van der Waals surface area contributed by atoms with Gasteiger partial charge in [-0.15, -0.1) is 13.2 Å². The summed E-state index contributed by atoms with van der Waals surface area (Å²) in [6.45, 7) is 2.63. The summed E-state index contributed by atoms with van der Waals surface area (Å²) >= 11 is 0. The van der Waals surface area contributed by atoms with Gasteiger partial charge in [0, 0.05) is 37.8 Å². The molecule has 2 N–H and O–H groups in total. The molecular formula is C15H18F3N3O3. The first-order valence-corrected chi connectivity index (χ1v) is 7.42. The van der Waals surface area contributed by atoms with Gasteiger partial charge >= 0.3 is 12.4 Å². The van der Waals surface area contributed by atoms with Gasteiger partial charge in [-0.3, -0.25) is 4.79 Å². The van der Waals surface area contributed by atoms with Crippen molar-refractivity contribution in [2.75, 3.05) is 18.4 Å². The third kappa shape index (κ3) is 5.64. The van der Waals surface area contributed by atoms with Crippen LogP contribution in [0.5, 0.6) is 5.75 Å². The Kier molecular flexibility index (Phi) is 5.53. The molecule has 0 spiro atoms. The summed E-state index contributed by atoms with van der Waals surface area (Å²) < 4.78 is 40.3. The Labute approximate surface area is 137 Å². The molecule has 2 rings (SSSR count). The Morgan fingerprint density at radius 2 is 1.92 bits per heavy atom. The second-order valence-corrected chi connectivity index (χ2v) is 5.45. The Balaban J connectivity index is 1.85. The number of alkyl halides is 3. The summed E-state index contributed by atoms with van der Waals surface area (Å²) in [6.07, 6.45) is -3.53. The largest absolute Gasteiger partial charge is 0.573 e. The maximum absolute atomic E-state index is 12.2. The zero-order chi connectivity index (χ0) is 17.7. The van der Waals surface area contributed by atoms with Crippen molar-refractivity contribution in [3.8, 4) is 5.75 Å². The maximum atomic E-state index is 12.2. The van der Waals surface area contributed by atoms with Gasteiger partial charge in [-0.25, -0.2) is 4.79 Å². The Bertz CT molecular complexity index is 599. The highest BCUT2D eigenvalue weighted by atomic mass is 19.4. The lowest BCUT2D eigenvalue weighted by atomic mass is 10.1. The molecule has 0 saturated carbocycles. The number of nitrogens with one attached hydrogen (secondary N) is 2. The van der Waals surface area contributed by atoms with Crippen molar-refractivity contribution in [3.63, 3.8) is 0 Å². The minimum absolute atomic E-state index is 0.000573. The van der Waals surface area contributed by atoms with Crippen LogP contribution in [-0.4, -0.2) is 42.3 Å². The molecule has 3 amide bonds. The molecule has 6 nitrogen and oxygen atoms in total. The van der Waals surface area contributed by atoms with Crippen LogP contribution in [0.1, 0.15) is 19.8 Å². The predicted molar refractivity (Wildman–Crippen MR) is 80.6 cm³/mol. The summed E-state index contributed by atoms with van der Waals surface area (Å²) in [5, 5.41) is 5.21. The minimum Gasteiger partial charge on any atom is -0.406 e. The van der Waals surface area contributed by atoms with E-state index in [4.69, 9.17) is 0 Å². The third-order valence-corrected chi connectivity index (χ3v) is 3.60. The second kappa shape index (κ2) is 7.41. The number of nitrogens with zero attached hydrogens (tertiary/aromatic N) is 1. The molecule has 0 unspecified atom stereocenters. The van der Waals surface area contributed by atoms with Crippen LogP contribution in [0.15, 0.2) is 24.3 Å². The summed E-state index contributed by atoms with van der Waals surface area (Å²) in [4.78, 5) is 24.9. The molecular weight excluding hydrogens is 327 g/mol. The average molecular weight is 345 g/mol. The molecule has 9 heteroatoms. The molecule has 1 aromatic carbocycles. The van der Waals surface area contributed by atoms with E-state index < -0.39 is 18.1 Å². The van der Waals surface area contributed by atoms with Crippen LogP contribution in [0.3, 0.4) is 0 Å². The molecule has 1 aliphatic rings. The molecule has 0 atom stereocenters. The molecule has 0 aromatic heterocycles. The van der Waals surface area contributed by atoms with Gasteiger partial charge in [0.15, 0.2) is 0 Å². The predicted octanol–water partition coefficient (Wildman–Crippen LogP) is 2.72. The van der Waals surface area contributed by atoms with Gasteiger partial charge < -0.3 is 20.3 Å². The third-order valence-electron chi connectivity index (χ3n) is 3.60. The van der Waals surface area contributed by atoms with Gasteiger partial charge in [-0.2, -0.15) is 0 Å². The van der Waals surface area contributed by atoms with E-state index >= 15 is 0 Å². The van der Waals surface area contributed by atoms with Gasteiger partial charge in [-0.1, -0.05) is 6.07 Å². The number of rotatable bonds is 3. The van der Waals surface area contributed by atoms with Crippen LogP contribution in [0.2, 0.25) is 0 Å². The van der Waals surface area contributed by atoms with Gasteiger partial charge in [-0.05, 0) is 25.0 Å². The van der Waals surface area contributed by atoms with Crippen LogP contribution in [0.25, 0.3) is 0 Å². The number of amides is 3. The molecule has 1 heterocycles. The summed E-state index contributed by atoms with van der Waals surface area (Å²) in [6, 6.07) is 4.44. The van der Waals surface area contributed by atoms with E-state index in [1.807, 2.05) is 0 Å². The Hall–Kier alpha value is -2.45. The van der Waals surface area contributed by atoms with Crippen molar-refractivity contribution < 1.29 is 27.5 Å². The number of carbonyl (C=O) groups excluding carboxylic acids is 2. The van der Waals surface area contributed by atoms with Gasteiger partial charge in [0.2, 0.25) is 5.91 Å². The van der Waals surface area contributed by atoms with Gasteiger partial charge in [0.05, 0.1) is 0 Å². The highest BCUT2D eigenvalue weighted by Gasteiger charge is 2.31. The van der Waals surface area contributed by atoms with Gasteiger partial charge in [0.25, 0.3) is 0 Å². The topological polar surface area (TPSA) is 70.7 Å². The maximum Gasteiger partial charge on any atom is 0.573 e. The number of urea groups is 1. The smallest absolute Gasteiger partial charge is 0.406 e. The summed E-state index contributed by atoms with van der Waals surface area (Å²) in [5.74, 6) is -0.408. The van der Waals surface area contributed by atoms with Crippen molar-refractivity contribution in [1.29, 1.82) is 0 Å². The number of hydrogen-bond acceptors (Lipinski definition) is 3. The van der Waals surface area contributed by atoms with E-state index in [0.717, 1.165) is 12.1 Å². The number of piperidine rings is 1. The lowest BCUT2D eigenvalue weighted by molar-refractivity contribution is -0.274. The molecule has 1 saturated heterocycles. The fourth-order valence-electron chi connectivity index (χ4n) is 2.46. The number of benzene rings is 1. The highest BCUT2D eigenvalue weighted by molar-refractivity contribution is 5.89. The fourth-order valence-corrected chi connectivity index (χ4v) is 2.46. The first kappa shape index (κ1) is 17.9. The molecule has 1 fully saturated rings. The van der Waals surface area contributed by atoms with E-state index in [-0.39, 0.29) is 17.6 Å². The SMILES string of the molecule is CC(=O)N1CCC(NC(=O)Nc2cccc(OC(F)(F)F)c2)CC1. The van der Waals surface area contributed by atoms with Crippen LogP contribution in [0, 0.1) is 0 Å². The second-order valence-electron chi connectivity index (χ2n) is 5.45. The number of ether oxygens (including phenoxy) is 1. The molecule has 0 radical (unpaired) electrons.